The third-order valence-electron chi connectivity index (χ3n) is 5.04. The molecule has 25 heavy (non-hydrogen) atoms. The SMILES string of the molecule is CCC(C)C(NC(=O)Nc1ccc(N2CCC(C)CC2)cc1)C(=O)O. The molecular weight excluding hydrogens is 318 g/mol. The number of anilines is 2. The Labute approximate surface area is 149 Å². The van der Waals surface area contributed by atoms with Gasteiger partial charge in [0.1, 0.15) is 6.04 Å². The summed E-state index contributed by atoms with van der Waals surface area (Å²) in [4.78, 5) is 25.7. The molecule has 2 amide bonds. The number of carboxylic acids is 1. The number of nitrogens with one attached hydrogen (secondary N) is 2. The van der Waals surface area contributed by atoms with E-state index in [1.54, 1.807) is 0 Å². The van der Waals surface area contributed by atoms with E-state index in [1.807, 2.05) is 38.1 Å². The molecule has 1 saturated heterocycles. The summed E-state index contributed by atoms with van der Waals surface area (Å²) in [5.74, 6) is -0.361. The maximum absolute atomic E-state index is 12.1. The minimum absolute atomic E-state index is 0.132. The van der Waals surface area contributed by atoms with Gasteiger partial charge in [-0.1, -0.05) is 27.2 Å². The van der Waals surface area contributed by atoms with Crippen LogP contribution in [-0.4, -0.2) is 36.2 Å². The van der Waals surface area contributed by atoms with Crippen LogP contribution < -0.4 is 15.5 Å². The number of benzene rings is 1. The molecule has 0 bridgehead atoms. The van der Waals surface area contributed by atoms with Crippen molar-refractivity contribution in [2.75, 3.05) is 23.3 Å². The molecule has 1 aromatic carbocycles. The van der Waals surface area contributed by atoms with Gasteiger partial charge in [0.25, 0.3) is 0 Å². The van der Waals surface area contributed by atoms with E-state index in [4.69, 9.17) is 0 Å². The molecule has 2 atom stereocenters. The monoisotopic (exact) mass is 347 g/mol. The van der Waals surface area contributed by atoms with Gasteiger partial charge in [-0.2, -0.15) is 0 Å². The Balaban J connectivity index is 1.91. The Kier molecular flexibility index (Phi) is 6.67. The summed E-state index contributed by atoms with van der Waals surface area (Å²) in [6.45, 7) is 8.12. The zero-order valence-electron chi connectivity index (χ0n) is 15.3. The van der Waals surface area contributed by atoms with E-state index >= 15 is 0 Å². The standard InChI is InChI=1S/C19H29N3O3/c1-4-14(3)17(18(23)24)21-19(25)20-15-5-7-16(8-6-15)22-11-9-13(2)10-12-22/h5-8,13-14,17H,4,9-12H2,1-3H3,(H,23,24)(H2,20,21,25). The Morgan fingerprint density at radius 3 is 2.36 bits per heavy atom. The molecule has 3 N–H and O–H groups in total. The van der Waals surface area contributed by atoms with Crippen LogP contribution in [0.25, 0.3) is 0 Å². The van der Waals surface area contributed by atoms with E-state index in [0.717, 1.165) is 24.7 Å². The first-order valence-corrected chi connectivity index (χ1v) is 9.06. The van der Waals surface area contributed by atoms with E-state index in [0.29, 0.717) is 12.1 Å². The molecule has 0 aliphatic carbocycles. The summed E-state index contributed by atoms with van der Waals surface area (Å²) in [7, 11) is 0. The fraction of sp³-hybridized carbons (Fsp3) is 0.579. The highest BCUT2D eigenvalue weighted by molar-refractivity contribution is 5.92. The van der Waals surface area contributed by atoms with Crippen molar-refractivity contribution in [1.82, 2.24) is 5.32 Å². The lowest BCUT2D eigenvalue weighted by molar-refractivity contribution is -0.140. The maximum Gasteiger partial charge on any atom is 0.326 e. The summed E-state index contributed by atoms with van der Waals surface area (Å²) >= 11 is 0. The lowest BCUT2D eigenvalue weighted by Gasteiger charge is -2.32. The number of amides is 2. The lowest BCUT2D eigenvalue weighted by atomic mass is 9.99. The van der Waals surface area contributed by atoms with Crippen molar-refractivity contribution in [2.24, 2.45) is 11.8 Å². The quantitative estimate of drug-likeness (QED) is 0.735. The number of hydrogen-bond acceptors (Lipinski definition) is 3. The molecule has 2 rings (SSSR count). The zero-order chi connectivity index (χ0) is 18.4. The van der Waals surface area contributed by atoms with Crippen molar-refractivity contribution in [3.8, 4) is 0 Å². The normalized spacial score (nSPS) is 17.6. The van der Waals surface area contributed by atoms with Gasteiger partial charge in [0, 0.05) is 24.5 Å². The van der Waals surface area contributed by atoms with Crippen LogP contribution in [0.1, 0.15) is 40.0 Å². The fourth-order valence-electron chi connectivity index (χ4n) is 3.01. The van der Waals surface area contributed by atoms with Crippen LogP contribution in [0.2, 0.25) is 0 Å². The molecule has 1 heterocycles. The number of piperidine rings is 1. The second-order valence-electron chi connectivity index (χ2n) is 7.02. The lowest BCUT2D eigenvalue weighted by Crippen LogP contribution is -2.46. The molecule has 0 aromatic heterocycles. The summed E-state index contributed by atoms with van der Waals surface area (Å²) in [6, 6.07) is 6.31. The van der Waals surface area contributed by atoms with Crippen LogP contribution in [0.4, 0.5) is 16.2 Å². The Hall–Kier alpha value is -2.24. The average Bonchev–Trinajstić information content (AvgIpc) is 2.60. The fourth-order valence-corrected chi connectivity index (χ4v) is 3.01. The highest BCUT2D eigenvalue weighted by Crippen LogP contribution is 2.24. The summed E-state index contributed by atoms with van der Waals surface area (Å²) in [5, 5.41) is 14.5. The van der Waals surface area contributed by atoms with Crippen LogP contribution >= 0.6 is 0 Å². The molecule has 1 aliphatic heterocycles. The van der Waals surface area contributed by atoms with Gasteiger partial charge in [0.05, 0.1) is 0 Å². The van der Waals surface area contributed by atoms with Crippen molar-refractivity contribution in [2.45, 2.75) is 46.1 Å². The van der Waals surface area contributed by atoms with Gasteiger partial charge in [0.2, 0.25) is 0 Å². The van der Waals surface area contributed by atoms with Crippen LogP contribution in [0.15, 0.2) is 24.3 Å². The Bertz CT molecular complexity index is 580. The van der Waals surface area contributed by atoms with Gasteiger partial charge >= 0.3 is 12.0 Å². The zero-order valence-corrected chi connectivity index (χ0v) is 15.3. The minimum Gasteiger partial charge on any atom is -0.480 e. The second-order valence-corrected chi connectivity index (χ2v) is 7.02. The first kappa shape index (κ1) is 19.1. The molecule has 138 valence electrons. The number of rotatable bonds is 6. The average molecular weight is 347 g/mol. The molecule has 0 saturated carbocycles. The van der Waals surface area contributed by atoms with Gasteiger partial charge in [-0.05, 0) is 48.9 Å². The van der Waals surface area contributed by atoms with Gasteiger partial charge in [-0.25, -0.2) is 9.59 Å². The topological polar surface area (TPSA) is 81.7 Å². The van der Waals surface area contributed by atoms with E-state index in [9.17, 15) is 14.7 Å². The van der Waals surface area contributed by atoms with E-state index in [-0.39, 0.29) is 5.92 Å². The molecule has 1 aromatic rings. The molecule has 1 fully saturated rings. The number of carbonyl (C=O) groups is 2. The third-order valence-corrected chi connectivity index (χ3v) is 5.04. The second kappa shape index (κ2) is 8.74. The Morgan fingerprint density at radius 2 is 1.84 bits per heavy atom. The summed E-state index contributed by atoms with van der Waals surface area (Å²) < 4.78 is 0. The van der Waals surface area contributed by atoms with Crippen LogP contribution in [-0.2, 0) is 4.79 Å². The number of urea groups is 1. The molecule has 0 spiro atoms. The number of carbonyl (C=O) groups excluding carboxylic acids is 1. The molecular formula is C19H29N3O3. The number of hydrogen-bond donors (Lipinski definition) is 3. The highest BCUT2D eigenvalue weighted by Gasteiger charge is 2.25. The maximum atomic E-state index is 12.1. The molecule has 6 heteroatoms. The summed E-state index contributed by atoms with van der Waals surface area (Å²) in [5.41, 5.74) is 1.81. The smallest absolute Gasteiger partial charge is 0.326 e. The van der Waals surface area contributed by atoms with Crippen LogP contribution in [0.5, 0.6) is 0 Å². The van der Waals surface area contributed by atoms with Gasteiger partial charge in [0.15, 0.2) is 0 Å². The van der Waals surface area contributed by atoms with Crippen molar-refractivity contribution in [1.29, 1.82) is 0 Å². The van der Waals surface area contributed by atoms with Gasteiger partial charge < -0.3 is 20.6 Å². The number of nitrogens with zero attached hydrogens (tertiary/aromatic N) is 1. The van der Waals surface area contributed by atoms with Crippen molar-refractivity contribution < 1.29 is 14.7 Å². The van der Waals surface area contributed by atoms with Gasteiger partial charge in [-0.3, -0.25) is 0 Å². The van der Waals surface area contributed by atoms with E-state index < -0.39 is 18.0 Å². The first-order valence-electron chi connectivity index (χ1n) is 9.06. The number of carboxylic acid groups (broad SMARTS) is 1. The van der Waals surface area contributed by atoms with Gasteiger partial charge in [-0.15, -0.1) is 0 Å². The molecule has 2 unspecified atom stereocenters. The first-order chi connectivity index (χ1) is 11.9. The van der Waals surface area contributed by atoms with Crippen molar-refractivity contribution in [3.05, 3.63) is 24.3 Å². The highest BCUT2D eigenvalue weighted by atomic mass is 16.4. The molecule has 6 nitrogen and oxygen atoms in total. The predicted octanol–water partition coefficient (Wildman–Crippen LogP) is 3.54. The summed E-state index contributed by atoms with van der Waals surface area (Å²) in [6.07, 6.45) is 3.09. The number of aliphatic carboxylic acids is 1. The van der Waals surface area contributed by atoms with Crippen LogP contribution in [0, 0.1) is 11.8 Å². The van der Waals surface area contributed by atoms with Crippen molar-refractivity contribution in [3.63, 3.8) is 0 Å². The molecule has 1 aliphatic rings. The predicted molar refractivity (Wildman–Crippen MR) is 100 cm³/mol. The largest absolute Gasteiger partial charge is 0.480 e. The van der Waals surface area contributed by atoms with Crippen LogP contribution in [0.3, 0.4) is 0 Å². The van der Waals surface area contributed by atoms with E-state index in [1.165, 1.54) is 12.8 Å². The Morgan fingerprint density at radius 1 is 1.24 bits per heavy atom. The minimum atomic E-state index is -1.01. The van der Waals surface area contributed by atoms with Crippen molar-refractivity contribution >= 4 is 23.4 Å². The van der Waals surface area contributed by atoms with E-state index in [2.05, 4.69) is 22.5 Å². The third kappa shape index (κ3) is 5.37. The molecule has 0 radical (unpaired) electrons.